The fourth-order valence-corrected chi connectivity index (χ4v) is 4.84. The van der Waals surface area contributed by atoms with Crippen LogP contribution in [0.3, 0.4) is 0 Å². The molecule has 1 heterocycles. The summed E-state index contributed by atoms with van der Waals surface area (Å²) in [5, 5.41) is 11.6. The van der Waals surface area contributed by atoms with Crippen LogP contribution in [0.25, 0.3) is 16.5 Å². The molecule has 0 amide bonds. The van der Waals surface area contributed by atoms with Gasteiger partial charge < -0.3 is 9.84 Å². The smallest absolute Gasteiger partial charge is 0.125 e. The van der Waals surface area contributed by atoms with Gasteiger partial charge in [0, 0.05) is 4.88 Å². The summed E-state index contributed by atoms with van der Waals surface area (Å²) in [6, 6.07) is 18.8. The van der Waals surface area contributed by atoms with Gasteiger partial charge in [0.05, 0.1) is 11.5 Å². The summed E-state index contributed by atoms with van der Waals surface area (Å²) in [6.07, 6.45) is 6.27. The molecule has 29 heavy (non-hydrogen) atoms. The minimum Gasteiger partial charge on any atom is -0.507 e. The molecule has 0 spiro atoms. The second-order valence-corrected chi connectivity index (χ2v) is 9.24. The van der Waals surface area contributed by atoms with E-state index in [2.05, 4.69) is 62.9 Å². The van der Waals surface area contributed by atoms with E-state index in [1.165, 1.54) is 34.9 Å². The lowest BCUT2D eigenvalue weighted by Gasteiger charge is -2.12. The van der Waals surface area contributed by atoms with E-state index in [9.17, 15) is 0 Å². The van der Waals surface area contributed by atoms with Gasteiger partial charge in [-0.15, -0.1) is 11.3 Å². The Hall–Kier alpha value is -2.26. The van der Waals surface area contributed by atoms with E-state index in [-0.39, 0.29) is 5.76 Å². The molecule has 0 saturated heterocycles. The summed E-state index contributed by atoms with van der Waals surface area (Å²) in [6.45, 7) is 8.83. The highest BCUT2D eigenvalue weighted by atomic mass is 32.1. The third kappa shape index (κ3) is 6.37. The first kappa shape index (κ1) is 21.4. The van der Waals surface area contributed by atoms with Gasteiger partial charge >= 0.3 is 0 Å². The number of rotatable bonds is 6. The predicted octanol–water partition coefficient (Wildman–Crippen LogP) is 7.88. The van der Waals surface area contributed by atoms with Crippen LogP contribution in [-0.2, 0) is 6.42 Å². The number of fused-ring (bicyclic) bond motifs is 1. The quantitative estimate of drug-likeness (QED) is 0.420. The maximum absolute atomic E-state index is 9.02. The Kier molecular flexibility index (Phi) is 7.76. The lowest BCUT2D eigenvalue weighted by Crippen LogP contribution is -2.08. The summed E-state index contributed by atoms with van der Waals surface area (Å²) in [5.41, 5.74) is 0. The average Bonchev–Trinajstić information content (AvgIpc) is 3.36. The normalized spacial score (nSPS) is 18.3. The summed E-state index contributed by atoms with van der Waals surface area (Å²) in [4.78, 5) is 2.20. The molecule has 1 saturated carbocycles. The third-order valence-electron chi connectivity index (χ3n) is 5.45. The van der Waals surface area contributed by atoms with Crippen LogP contribution in [0.5, 0.6) is 5.75 Å². The van der Waals surface area contributed by atoms with Crippen molar-refractivity contribution >= 4 is 27.9 Å². The zero-order chi connectivity index (χ0) is 20.6. The van der Waals surface area contributed by atoms with Gasteiger partial charge in [-0.2, -0.15) is 0 Å². The molecule has 154 valence electrons. The minimum absolute atomic E-state index is 0.178. The van der Waals surface area contributed by atoms with Crippen LogP contribution in [0, 0.1) is 11.8 Å². The molecule has 3 heteroatoms. The van der Waals surface area contributed by atoms with E-state index in [0.29, 0.717) is 0 Å². The van der Waals surface area contributed by atoms with E-state index in [4.69, 9.17) is 9.84 Å². The maximum Gasteiger partial charge on any atom is 0.125 e. The monoisotopic (exact) mass is 408 g/mol. The SMILES string of the molecule is C=C(O)c1ccc(CCC)s1.CC1CCC(COc2ccc3ccccc3c2)C1. The van der Waals surface area contributed by atoms with E-state index in [1.54, 1.807) is 11.3 Å². The van der Waals surface area contributed by atoms with Gasteiger partial charge in [0.2, 0.25) is 0 Å². The Balaban J connectivity index is 0.000000188. The predicted molar refractivity (Wildman–Crippen MR) is 126 cm³/mol. The number of hydrogen-bond donors (Lipinski definition) is 1. The van der Waals surface area contributed by atoms with Crippen molar-refractivity contribution in [1.29, 1.82) is 0 Å². The van der Waals surface area contributed by atoms with Crippen molar-refractivity contribution in [2.45, 2.75) is 46.0 Å². The van der Waals surface area contributed by atoms with Gasteiger partial charge in [-0.3, -0.25) is 0 Å². The number of benzene rings is 2. The molecule has 1 aliphatic rings. The van der Waals surface area contributed by atoms with E-state index < -0.39 is 0 Å². The van der Waals surface area contributed by atoms with E-state index in [1.807, 2.05) is 12.1 Å². The van der Waals surface area contributed by atoms with Gasteiger partial charge in [-0.25, -0.2) is 0 Å². The number of thiophene rings is 1. The number of aryl methyl sites for hydroxylation is 1. The van der Waals surface area contributed by atoms with Gasteiger partial charge in [0.1, 0.15) is 11.5 Å². The highest BCUT2D eigenvalue weighted by Gasteiger charge is 2.21. The molecule has 1 fully saturated rings. The first-order chi connectivity index (χ1) is 14.0. The summed E-state index contributed by atoms with van der Waals surface area (Å²) >= 11 is 1.62. The minimum atomic E-state index is 0.178. The standard InChI is InChI=1S/C17H20O.C9H12OS/c1-13-6-7-14(10-13)12-18-17-9-8-15-4-2-3-5-16(15)11-17;1-3-4-8-5-6-9(11-8)7(2)10/h2-5,8-9,11,13-14H,6-7,10,12H2,1H3;5-6,10H,2-4H2,1H3. The molecule has 3 aromatic rings. The van der Waals surface area contributed by atoms with Crippen molar-refractivity contribution in [1.82, 2.24) is 0 Å². The Morgan fingerprint density at radius 1 is 1.10 bits per heavy atom. The topological polar surface area (TPSA) is 29.5 Å². The average molecular weight is 409 g/mol. The lowest BCUT2D eigenvalue weighted by atomic mass is 10.1. The Bertz CT molecular complexity index is 927. The second kappa shape index (κ2) is 10.5. The highest BCUT2D eigenvalue weighted by molar-refractivity contribution is 7.13. The van der Waals surface area contributed by atoms with Crippen molar-refractivity contribution < 1.29 is 9.84 Å². The van der Waals surface area contributed by atoms with Crippen molar-refractivity contribution in [3.05, 3.63) is 70.9 Å². The van der Waals surface area contributed by atoms with Crippen LogP contribution in [0.4, 0.5) is 0 Å². The second-order valence-electron chi connectivity index (χ2n) is 8.07. The van der Waals surface area contributed by atoms with E-state index >= 15 is 0 Å². The summed E-state index contributed by atoms with van der Waals surface area (Å²) in [5.74, 6) is 2.83. The molecular weight excluding hydrogens is 376 g/mol. The number of aliphatic hydroxyl groups is 1. The molecule has 0 radical (unpaired) electrons. The molecule has 1 aliphatic carbocycles. The zero-order valence-electron chi connectivity index (χ0n) is 17.6. The summed E-state index contributed by atoms with van der Waals surface area (Å²) in [7, 11) is 0. The Labute approximate surface area is 178 Å². The zero-order valence-corrected chi connectivity index (χ0v) is 18.4. The van der Waals surface area contributed by atoms with Crippen LogP contribution in [0.1, 0.15) is 49.3 Å². The molecule has 2 unspecified atom stereocenters. The Morgan fingerprint density at radius 3 is 2.55 bits per heavy atom. The number of ether oxygens (including phenoxy) is 1. The molecular formula is C26H32O2S. The molecule has 1 N–H and O–H groups in total. The van der Waals surface area contributed by atoms with Crippen molar-refractivity contribution in [2.75, 3.05) is 6.61 Å². The number of aliphatic hydroxyl groups excluding tert-OH is 1. The third-order valence-corrected chi connectivity index (χ3v) is 6.65. The van der Waals surface area contributed by atoms with Crippen LogP contribution in [-0.4, -0.2) is 11.7 Å². The summed E-state index contributed by atoms with van der Waals surface area (Å²) < 4.78 is 5.95. The van der Waals surface area contributed by atoms with Gasteiger partial charge in [-0.1, -0.05) is 63.6 Å². The largest absolute Gasteiger partial charge is 0.507 e. The fourth-order valence-electron chi connectivity index (χ4n) is 3.86. The van der Waals surface area contributed by atoms with Crippen LogP contribution < -0.4 is 4.74 Å². The highest BCUT2D eigenvalue weighted by Crippen LogP contribution is 2.31. The first-order valence-corrected chi connectivity index (χ1v) is 11.5. The molecule has 0 bridgehead atoms. The molecule has 1 aromatic heterocycles. The van der Waals surface area contributed by atoms with Gasteiger partial charge in [-0.05, 0) is 66.1 Å². The molecule has 4 rings (SSSR count). The van der Waals surface area contributed by atoms with Gasteiger partial charge in [0.25, 0.3) is 0 Å². The van der Waals surface area contributed by atoms with Crippen LogP contribution in [0.15, 0.2) is 61.2 Å². The molecule has 0 aliphatic heterocycles. The molecule has 2 aromatic carbocycles. The van der Waals surface area contributed by atoms with Crippen LogP contribution in [0.2, 0.25) is 0 Å². The maximum atomic E-state index is 9.02. The van der Waals surface area contributed by atoms with E-state index in [0.717, 1.165) is 41.9 Å². The van der Waals surface area contributed by atoms with Crippen molar-refractivity contribution in [3.8, 4) is 5.75 Å². The van der Waals surface area contributed by atoms with Gasteiger partial charge in [0.15, 0.2) is 0 Å². The van der Waals surface area contributed by atoms with Crippen molar-refractivity contribution in [3.63, 3.8) is 0 Å². The fraction of sp³-hybridized carbons (Fsp3) is 0.385. The number of hydrogen-bond acceptors (Lipinski definition) is 3. The molecule has 2 atom stereocenters. The van der Waals surface area contributed by atoms with Crippen LogP contribution >= 0.6 is 11.3 Å². The lowest BCUT2D eigenvalue weighted by molar-refractivity contribution is 0.249. The van der Waals surface area contributed by atoms with Crippen molar-refractivity contribution in [2.24, 2.45) is 11.8 Å². The first-order valence-electron chi connectivity index (χ1n) is 10.6. The molecule has 2 nitrogen and oxygen atoms in total. The Morgan fingerprint density at radius 2 is 1.90 bits per heavy atom.